The molecule has 2 rings (SSSR count). The minimum Gasteiger partial charge on any atom is -0.354 e. The highest BCUT2D eigenvalue weighted by Crippen LogP contribution is 2.16. The Morgan fingerprint density at radius 1 is 1.32 bits per heavy atom. The number of nitrogens with one attached hydrogen (secondary N) is 1. The fourth-order valence-electron chi connectivity index (χ4n) is 1.73. The molecule has 100 valence electrons. The average molecular weight is 278 g/mol. The number of benzene rings is 1. The molecule has 0 saturated carbocycles. The van der Waals surface area contributed by atoms with E-state index in [4.69, 9.17) is 5.73 Å². The van der Waals surface area contributed by atoms with Crippen LogP contribution in [0.1, 0.15) is 16.5 Å². The maximum atomic E-state index is 13.4. The Balaban J connectivity index is 1.83. The molecule has 1 unspecified atom stereocenters. The van der Waals surface area contributed by atoms with E-state index >= 15 is 0 Å². The van der Waals surface area contributed by atoms with Crippen LogP contribution >= 0.6 is 11.3 Å². The summed E-state index contributed by atoms with van der Waals surface area (Å²) >= 11 is 1.45. The number of thiophene rings is 1. The number of halogens is 1. The van der Waals surface area contributed by atoms with Gasteiger partial charge in [-0.05, 0) is 29.5 Å². The normalized spacial score (nSPS) is 12.1. The van der Waals surface area contributed by atoms with Gasteiger partial charge in [-0.25, -0.2) is 4.39 Å². The smallest absolute Gasteiger partial charge is 0.242 e. The van der Waals surface area contributed by atoms with Crippen molar-refractivity contribution in [3.8, 4) is 0 Å². The molecule has 0 aliphatic carbocycles. The van der Waals surface area contributed by atoms with Gasteiger partial charge in [-0.2, -0.15) is 0 Å². The molecular formula is C14H15FN2OS. The topological polar surface area (TPSA) is 55.1 Å². The molecule has 0 bridgehead atoms. The second-order valence-corrected chi connectivity index (χ2v) is 5.10. The molecule has 2 aromatic rings. The summed E-state index contributed by atoms with van der Waals surface area (Å²) in [5.41, 5.74) is 6.41. The molecule has 0 spiro atoms. The lowest BCUT2D eigenvalue weighted by molar-refractivity contribution is -0.122. The molecule has 0 saturated heterocycles. The van der Waals surface area contributed by atoms with Gasteiger partial charge in [0.25, 0.3) is 0 Å². The van der Waals surface area contributed by atoms with E-state index in [0.29, 0.717) is 18.5 Å². The van der Waals surface area contributed by atoms with Crippen LogP contribution in [-0.4, -0.2) is 12.5 Å². The van der Waals surface area contributed by atoms with E-state index in [2.05, 4.69) is 5.32 Å². The highest BCUT2D eigenvalue weighted by molar-refractivity contribution is 7.10. The maximum absolute atomic E-state index is 13.4. The van der Waals surface area contributed by atoms with Crippen LogP contribution in [0.3, 0.4) is 0 Å². The van der Waals surface area contributed by atoms with E-state index in [0.717, 1.165) is 4.88 Å². The van der Waals surface area contributed by atoms with E-state index in [9.17, 15) is 9.18 Å². The summed E-state index contributed by atoms with van der Waals surface area (Å²) in [5, 5.41) is 4.60. The van der Waals surface area contributed by atoms with E-state index in [1.807, 2.05) is 17.5 Å². The average Bonchev–Trinajstić information content (AvgIpc) is 2.94. The van der Waals surface area contributed by atoms with Gasteiger partial charge in [0.05, 0.1) is 0 Å². The lowest BCUT2D eigenvalue weighted by Crippen LogP contribution is -2.34. The number of carbonyl (C=O) groups is 1. The fraction of sp³-hybridized carbons (Fsp3) is 0.214. The Hall–Kier alpha value is -1.72. The standard InChI is InChI=1S/C14H15FN2OS/c15-11-5-2-1-4-10(11)7-8-17-14(18)13(16)12-6-3-9-19-12/h1-6,9,13H,7-8,16H2,(H,17,18). The second-order valence-electron chi connectivity index (χ2n) is 4.13. The Bertz CT molecular complexity index is 542. The van der Waals surface area contributed by atoms with Gasteiger partial charge in [0.1, 0.15) is 11.9 Å². The largest absolute Gasteiger partial charge is 0.354 e. The number of hydrogen-bond acceptors (Lipinski definition) is 3. The van der Waals surface area contributed by atoms with E-state index in [1.165, 1.54) is 17.4 Å². The van der Waals surface area contributed by atoms with Crippen LogP contribution in [0.25, 0.3) is 0 Å². The van der Waals surface area contributed by atoms with Gasteiger partial charge in [-0.3, -0.25) is 4.79 Å². The van der Waals surface area contributed by atoms with Gasteiger partial charge < -0.3 is 11.1 Å². The lowest BCUT2D eigenvalue weighted by atomic mass is 10.1. The first-order valence-corrected chi connectivity index (χ1v) is 6.86. The number of amides is 1. The first-order chi connectivity index (χ1) is 9.18. The molecule has 1 atom stereocenters. The molecular weight excluding hydrogens is 263 g/mol. The third-order valence-electron chi connectivity index (χ3n) is 2.78. The van der Waals surface area contributed by atoms with Gasteiger partial charge in [-0.1, -0.05) is 24.3 Å². The SMILES string of the molecule is NC(C(=O)NCCc1ccccc1F)c1cccs1. The van der Waals surface area contributed by atoms with E-state index < -0.39 is 6.04 Å². The Morgan fingerprint density at radius 2 is 2.11 bits per heavy atom. The number of hydrogen-bond donors (Lipinski definition) is 2. The molecule has 1 aromatic heterocycles. The van der Waals surface area contributed by atoms with Crippen LogP contribution in [0.5, 0.6) is 0 Å². The van der Waals surface area contributed by atoms with Crippen LogP contribution in [0.2, 0.25) is 0 Å². The molecule has 1 aromatic carbocycles. The van der Waals surface area contributed by atoms with Crippen molar-refractivity contribution >= 4 is 17.2 Å². The van der Waals surface area contributed by atoms with Gasteiger partial charge in [0, 0.05) is 11.4 Å². The molecule has 3 N–H and O–H groups in total. The Morgan fingerprint density at radius 3 is 2.79 bits per heavy atom. The molecule has 0 aliphatic rings. The number of carbonyl (C=O) groups excluding carboxylic acids is 1. The minimum absolute atomic E-state index is 0.237. The van der Waals surface area contributed by atoms with Crippen LogP contribution in [0, 0.1) is 5.82 Å². The van der Waals surface area contributed by atoms with Crippen LogP contribution in [-0.2, 0) is 11.2 Å². The third kappa shape index (κ3) is 3.62. The first kappa shape index (κ1) is 13.7. The fourth-order valence-corrected chi connectivity index (χ4v) is 2.45. The molecule has 0 fully saturated rings. The molecule has 3 nitrogen and oxygen atoms in total. The molecule has 1 amide bonds. The van der Waals surface area contributed by atoms with Crippen molar-refractivity contribution in [2.75, 3.05) is 6.54 Å². The van der Waals surface area contributed by atoms with Crippen molar-refractivity contribution in [2.24, 2.45) is 5.73 Å². The predicted molar refractivity (Wildman–Crippen MR) is 74.4 cm³/mol. The van der Waals surface area contributed by atoms with E-state index in [-0.39, 0.29) is 11.7 Å². The summed E-state index contributed by atoms with van der Waals surface area (Å²) in [6.45, 7) is 0.374. The Labute approximate surface area is 115 Å². The molecule has 19 heavy (non-hydrogen) atoms. The summed E-state index contributed by atoms with van der Waals surface area (Å²) in [7, 11) is 0. The third-order valence-corrected chi connectivity index (χ3v) is 3.74. The zero-order valence-electron chi connectivity index (χ0n) is 10.3. The van der Waals surface area contributed by atoms with Gasteiger partial charge in [0.2, 0.25) is 5.91 Å². The monoisotopic (exact) mass is 278 g/mol. The van der Waals surface area contributed by atoms with Crippen molar-refractivity contribution in [1.29, 1.82) is 0 Å². The van der Waals surface area contributed by atoms with Crippen molar-refractivity contribution in [1.82, 2.24) is 5.32 Å². The zero-order valence-corrected chi connectivity index (χ0v) is 11.1. The van der Waals surface area contributed by atoms with Gasteiger partial charge in [0.15, 0.2) is 0 Å². The van der Waals surface area contributed by atoms with E-state index in [1.54, 1.807) is 18.2 Å². The molecule has 5 heteroatoms. The number of nitrogens with two attached hydrogens (primary N) is 1. The first-order valence-electron chi connectivity index (χ1n) is 5.98. The summed E-state index contributed by atoms with van der Waals surface area (Å²) in [6.07, 6.45) is 0.454. The minimum atomic E-state index is -0.652. The molecule has 0 radical (unpaired) electrons. The lowest BCUT2D eigenvalue weighted by Gasteiger charge is -2.10. The van der Waals surface area contributed by atoms with Crippen molar-refractivity contribution < 1.29 is 9.18 Å². The molecule has 1 heterocycles. The highest BCUT2D eigenvalue weighted by atomic mass is 32.1. The van der Waals surface area contributed by atoms with Crippen LogP contribution < -0.4 is 11.1 Å². The quantitative estimate of drug-likeness (QED) is 0.881. The van der Waals surface area contributed by atoms with Gasteiger partial charge >= 0.3 is 0 Å². The summed E-state index contributed by atoms with van der Waals surface area (Å²) in [4.78, 5) is 12.6. The van der Waals surface area contributed by atoms with Crippen molar-refractivity contribution in [3.63, 3.8) is 0 Å². The maximum Gasteiger partial charge on any atom is 0.242 e. The van der Waals surface area contributed by atoms with Crippen LogP contribution in [0.4, 0.5) is 4.39 Å². The summed E-state index contributed by atoms with van der Waals surface area (Å²) < 4.78 is 13.4. The van der Waals surface area contributed by atoms with Gasteiger partial charge in [-0.15, -0.1) is 11.3 Å². The molecule has 0 aliphatic heterocycles. The summed E-state index contributed by atoms with van der Waals surface area (Å²) in [6, 6.07) is 9.57. The zero-order chi connectivity index (χ0) is 13.7. The summed E-state index contributed by atoms with van der Waals surface area (Å²) in [5.74, 6) is -0.488. The Kier molecular flexibility index (Phi) is 4.65. The van der Waals surface area contributed by atoms with Crippen molar-refractivity contribution in [2.45, 2.75) is 12.5 Å². The number of rotatable bonds is 5. The van der Waals surface area contributed by atoms with Crippen molar-refractivity contribution in [3.05, 3.63) is 58.0 Å². The highest BCUT2D eigenvalue weighted by Gasteiger charge is 2.15. The second kappa shape index (κ2) is 6.45. The predicted octanol–water partition coefficient (Wildman–Crippen LogP) is 2.25. The van der Waals surface area contributed by atoms with Crippen LogP contribution in [0.15, 0.2) is 41.8 Å².